The van der Waals surface area contributed by atoms with Crippen molar-refractivity contribution in [1.82, 2.24) is 5.32 Å². The van der Waals surface area contributed by atoms with Crippen molar-refractivity contribution in [2.75, 3.05) is 6.54 Å². The maximum atomic E-state index is 4.16. The van der Waals surface area contributed by atoms with Crippen molar-refractivity contribution < 1.29 is 0 Å². The number of nitrogens with one attached hydrogen (secondary N) is 1. The quantitative estimate of drug-likeness (QED) is 0.506. The van der Waals surface area contributed by atoms with Crippen LogP contribution in [0, 0.1) is 0 Å². The lowest BCUT2D eigenvalue weighted by molar-refractivity contribution is 0.916. The predicted molar refractivity (Wildman–Crippen MR) is 54.7 cm³/mol. The highest BCUT2D eigenvalue weighted by Gasteiger charge is 1.82. The van der Waals surface area contributed by atoms with Gasteiger partial charge in [-0.1, -0.05) is 0 Å². The Morgan fingerprint density at radius 2 is 2.00 bits per heavy atom. The molecule has 3 nitrogen and oxygen atoms in total. The van der Waals surface area contributed by atoms with Gasteiger partial charge < -0.3 is 5.32 Å². The van der Waals surface area contributed by atoms with Crippen molar-refractivity contribution in [3.63, 3.8) is 0 Å². The van der Waals surface area contributed by atoms with Crippen LogP contribution in [0.3, 0.4) is 0 Å². The van der Waals surface area contributed by atoms with Crippen LogP contribution in [0.5, 0.6) is 0 Å². The van der Waals surface area contributed by atoms with Crippen LogP contribution in [-0.4, -0.2) is 18.1 Å². The Labute approximate surface area is 74.3 Å². The van der Waals surface area contributed by atoms with Gasteiger partial charge in [-0.25, -0.2) is 9.98 Å². The SMILES string of the molecule is CCN/C=C\N=C(C)N=C(C)C. The normalized spacial score (nSPS) is 11.8. The van der Waals surface area contributed by atoms with E-state index in [9.17, 15) is 0 Å². The molecule has 0 fully saturated rings. The zero-order valence-electron chi connectivity index (χ0n) is 8.26. The van der Waals surface area contributed by atoms with Gasteiger partial charge in [-0.3, -0.25) is 0 Å². The van der Waals surface area contributed by atoms with Gasteiger partial charge in [-0.2, -0.15) is 0 Å². The summed E-state index contributed by atoms with van der Waals surface area (Å²) in [5, 5.41) is 3.02. The van der Waals surface area contributed by atoms with E-state index in [-0.39, 0.29) is 0 Å². The van der Waals surface area contributed by atoms with Crippen LogP contribution in [0.15, 0.2) is 22.4 Å². The van der Waals surface area contributed by atoms with E-state index < -0.39 is 0 Å². The fourth-order valence-corrected chi connectivity index (χ4v) is 0.668. The van der Waals surface area contributed by atoms with Crippen molar-refractivity contribution in [3.05, 3.63) is 12.4 Å². The summed E-state index contributed by atoms with van der Waals surface area (Å²) < 4.78 is 0. The fraction of sp³-hybridized carbons (Fsp3) is 0.556. The Bertz CT molecular complexity index is 198. The maximum absolute atomic E-state index is 4.16. The lowest BCUT2D eigenvalue weighted by Crippen LogP contribution is -2.01. The van der Waals surface area contributed by atoms with Crippen molar-refractivity contribution in [2.24, 2.45) is 9.98 Å². The molecule has 12 heavy (non-hydrogen) atoms. The highest BCUT2D eigenvalue weighted by atomic mass is 14.9. The number of hydrogen-bond donors (Lipinski definition) is 1. The minimum absolute atomic E-state index is 0.782. The third kappa shape index (κ3) is 6.99. The summed E-state index contributed by atoms with van der Waals surface area (Å²) in [6.07, 6.45) is 3.52. The average molecular weight is 167 g/mol. The number of rotatable bonds is 3. The number of hydrogen-bond acceptors (Lipinski definition) is 2. The summed E-state index contributed by atoms with van der Waals surface area (Å²) in [6, 6.07) is 0. The zero-order chi connectivity index (χ0) is 9.40. The van der Waals surface area contributed by atoms with Crippen LogP contribution in [0.25, 0.3) is 0 Å². The molecule has 1 N–H and O–H groups in total. The molecule has 0 saturated heterocycles. The molecular weight excluding hydrogens is 150 g/mol. The molecule has 68 valence electrons. The minimum atomic E-state index is 0.782. The van der Waals surface area contributed by atoms with Crippen LogP contribution < -0.4 is 5.32 Å². The molecule has 0 rings (SSSR count). The molecular formula is C9H17N3. The lowest BCUT2D eigenvalue weighted by atomic mass is 10.5. The highest BCUT2D eigenvalue weighted by Crippen LogP contribution is 1.83. The van der Waals surface area contributed by atoms with Gasteiger partial charge in [0.2, 0.25) is 0 Å². The zero-order valence-corrected chi connectivity index (χ0v) is 8.26. The summed E-state index contributed by atoms with van der Waals surface area (Å²) in [5.74, 6) is 0.782. The molecule has 0 bridgehead atoms. The number of aliphatic imine (C=N–C) groups is 2. The molecule has 0 aliphatic heterocycles. The monoisotopic (exact) mass is 167 g/mol. The van der Waals surface area contributed by atoms with E-state index >= 15 is 0 Å². The van der Waals surface area contributed by atoms with Gasteiger partial charge in [0.1, 0.15) is 5.84 Å². The van der Waals surface area contributed by atoms with Gasteiger partial charge in [-0.05, 0) is 27.7 Å². The van der Waals surface area contributed by atoms with Crippen LogP contribution in [0.4, 0.5) is 0 Å². The molecule has 0 heterocycles. The molecule has 0 aliphatic rings. The van der Waals surface area contributed by atoms with Gasteiger partial charge in [0.25, 0.3) is 0 Å². The largest absolute Gasteiger partial charge is 0.390 e. The van der Waals surface area contributed by atoms with Gasteiger partial charge in [-0.15, -0.1) is 0 Å². The fourth-order valence-electron chi connectivity index (χ4n) is 0.668. The molecule has 0 atom stereocenters. The highest BCUT2D eigenvalue weighted by molar-refractivity contribution is 5.94. The van der Waals surface area contributed by atoms with Crippen LogP contribution in [0.2, 0.25) is 0 Å². The molecule has 0 radical (unpaired) electrons. The van der Waals surface area contributed by atoms with Gasteiger partial charge in [0.15, 0.2) is 0 Å². The first-order valence-electron chi connectivity index (χ1n) is 4.11. The van der Waals surface area contributed by atoms with E-state index in [0.717, 1.165) is 18.1 Å². The number of nitrogens with zero attached hydrogens (tertiary/aromatic N) is 2. The first kappa shape index (κ1) is 10.9. The molecule has 0 saturated carbocycles. The lowest BCUT2D eigenvalue weighted by Gasteiger charge is -1.91. The van der Waals surface area contributed by atoms with Crippen LogP contribution >= 0.6 is 0 Å². The second-order valence-corrected chi connectivity index (χ2v) is 2.61. The summed E-state index contributed by atoms with van der Waals surface area (Å²) >= 11 is 0. The van der Waals surface area contributed by atoms with Crippen molar-refractivity contribution >= 4 is 11.5 Å². The Kier molecular flexibility index (Phi) is 5.97. The molecule has 0 amide bonds. The second-order valence-electron chi connectivity index (χ2n) is 2.61. The maximum Gasteiger partial charge on any atom is 0.125 e. The van der Waals surface area contributed by atoms with E-state index in [0.29, 0.717) is 0 Å². The van der Waals surface area contributed by atoms with E-state index in [4.69, 9.17) is 0 Å². The van der Waals surface area contributed by atoms with Crippen molar-refractivity contribution in [3.8, 4) is 0 Å². The van der Waals surface area contributed by atoms with Crippen LogP contribution in [0.1, 0.15) is 27.7 Å². The first-order valence-corrected chi connectivity index (χ1v) is 4.11. The molecule has 0 aromatic heterocycles. The van der Waals surface area contributed by atoms with Crippen molar-refractivity contribution in [2.45, 2.75) is 27.7 Å². The summed E-state index contributed by atoms with van der Waals surface area (Å²) in [4.78, 5) is 8.25. The Hall–Kier alpha value is -1.12. The third-order valence-corrected chi connectivity index (χ3v) is 1.04. The molecule has 0 unspecified atom stereocenters. The summed E-state index contributed by atoms with van der Waals surface area (Å²) in [5.41, 5.74) is 1.02. The summed E-state index contributed by atoms with van der Waals surface area (Å²) in [7, 11) is 0. The third-order valence-electron chi connectivity index (χ3n) is 1.04. The smallest absolute Gasteiger partial charge is 0.125 e. The van der Waals surface area contributed by atoms with E-state index in [1.807, 2.05) is 33.9 Å². The standard InChI is InChI=1S/C9H17N3/c1-5-10-6-7-11-9(4)12-8(2)3/h6-7,10H,5H2,1-4H3/b7-6-,11-9?. The Morgan fingerprint density at radius 3 is 2.50 bits per heavy atom. The topological polar surface area (TPSA) is 36.8 Å². The molecule has 0 spiro atoms. The number of amidine groups is 1. The molecule has 0 aromatic carbocycles. The minimum Gasteiger partial charge on any atom is -0.390 e. The first-order chi connectivity index (χ1) is 5.66. The second kappa shape index (κ2) is 6.58. The van der Waals surface area contributed by atoms with Gasteiger partial charge in [0.05, 0.1) is 0 Å². The van der Waals surface area contributed by atoms with E-state index in [1.165, 1.54) is 0 Å². The van der Waals surface area contributed by atoms with E-state index in [1.54, 1.807) is 6.20 Å². The average Bonchev–Trinajstić information content (AvgIpc) is 1.97. The Balaban J connectivity index is 3.92. The van der Waals surface area contributed by atoms with Gasteiger partial charge in [0, 0.05) is 24.7 Å². The van der Waals surface area contributed by atoms with Gasteiger partial charge >= 0.3 is 0 Å². The van der Waals surface area contributed by atoms with Crippen LogP contribution in [-0.2, 0) is 0 Å². The van der Waals surface area contributed by atoms with Crippen molar-refractivity contribution in [1.29, 1.82) is 0 Å². The summed E-state index contributed by atoms with van der Waals surface area (Å²) in [6.45, 7) is 8.74. The predicted octanol–water partition coefficient (Wildman–Crippen LogP) is 1.97. The Morgan fingerprint density at radius 1 is 1.33 bits per heavy atom. The molecule has 3 heteroatoms. The van der Waals surface area contributed by atoms with E-state index in [2.05, 4.69) is 15.3 Å². The molecule has 0 aliphatic carbocycles. The molecule has 0 aromatic rings.